The molecule has 1 heterocycles. The number of hydrogen-bond donors (Lipinski definition) is 2. The summed E-state index contributed by atoms with van der Waals surface area (Å²) in [6.07, 6.45) is 1.03. The average molecular weight is 263 g/mol. The highest BCUT2D eigenvalue weighted by molar-refractivity contribution is 5.95. The van der Waals surface area contributed by atoms with Crippen LogP contribution in [0.1, 0.15) is 23.7 Å². The first-order valence-electron chi connectivity index (χ1n) is 6.57. The Hall–Kier alpha value is -1.75. The number of hydrogen-bond acceptors (Lipinski definition) is 4. The van der Waals surface area contributed by atoms with Crippen LogP contribution in [0.2, 0.25) is 0 Å². The van der Waals surface area contributed by atoms with Crippen molar-refractivity contribution in [3.05, 3.63) is 23.8 Å². The highest BCUT2D eigenvalue weighted by Gasteiger charge is 2.23. The molecule has 0 amide bonds. The number of likely N-dealkylation sites (N-methyl/N-ethyl adjacent to an activating group) is 1. The van der Waals surface area contributed by atoms with Gasteiger partial charge in [-0.1, -0.05) is 0 Å². The second kappa shape index (κ2) is 5.48. The number of carboxylic acid groups (broad SMARTS) is 1. The predicted octanol–water partition coefficient (Wildman–Crippen LogP) is 1.50. The third-order valence-corrected chi connectivity index (χ3v) is 3.61. The van der Waals surface area contributed by atoms with E-state index in [2.05, 4.69) is 23.8 Å². The molecule has 1 saturated heterocycles. The second-order valence-electron chi connectivity index (χ2n) is 5.24. The number of nitrogens with zero attached hydrogens (tertiary/aromatic N) is 2. The van der Waals surface area contributed by atoms with Gasteiger partial charge in [-0.2, -0.15) is 0 Å². The Labute approximate surface area is 113 Å². The van der Waals surface area contributed by atoms with E-state index >= 15 is 0 Å². The lowest BCUT2D eigenvalue weighted by Gasteiger charge is -2.31. The monoisotopic (exact) mass is 263 g/mol. The van der Waals surface area contributed by atoms with Gasteiger partial charge in [-0.15, -0.1) is 0 Å². The number of nitrogens with two attached hydrogens (primary N) is 1. The van der Waals surface area contributed by atoms with Crippen LogP contribution in [0.4, 0.5) is 11.4 Å². The summed E-state index contributed by atoms with van der Waals surface area (Å²) in [6, 6.07) is 5.41. The zero-order chi connectivity index (χ0) is 14.0. The highest BCUT2D eigenvalue weighted by atomic mass is 16.4. The van der Waals surface area contributed by atoms with E-state index in [1.54, 1.807) is 12.1 Å². The molecule has 1 atom stereocenters. The molecule has 1 fully saturated rings. The fourth-order valence-electron chi connectivity index (χ4n) is 2.71. The summed E-state index contributed by atoms with van der Waals surface area (Å²) in [4.78, 5) is 15.8. The molecule has 0 radical (unpaired) electrons. The molecular weight excluding hydrogens is 242 g/mol. The normalized spacial score (nSPS) is 21.2. The molecule has 1 unspecified atom stereocenters. The Morgan fingerprint density at radius 3 is 2.84 bits per heavy atom. The van der Waals surface area contributed by atoms with Crippen LogP contribution in [0.3, 0.4) is 0 Å². The molecule has 1 aromatic rings. The van der Waals surface area contributed by atoms with E-state index in [0.29, 0.717) is 5.69 Å². The molecule has 0 spiro atoms. The maximum atomic E-state index is 11.4. The molecule has 0 aromatic heterocycles. The predicted molar refractivity (Wildman–Crippen MR) is 76.7 cm³/mol. The minimum atomic E-state index is -0.924. The fraction of sp³-hybridized carbons (Fsp3) is 0.500. The van der Waals surface area contributed by atoms with Crippen molar-refractivity contribution in [2.24, 2.45) is 0 Å². The molecule has 19 heavy (non-hydrogen) atoms. The quantitative estimate of drug-likeness (QED) is 0.791. The van der Waals surface area contributed by atoms with Crippen LogP contribution < -0.4 is 10.6 Å². The maximum Gasteiger partial charge on any atom is 0.337 e. The van der Waals surface area contributed by atoms with Gasteiger partial charge < -0.3 is 20.6 Å². The Morgan fingerprint density at radius 2 is 2.16 bits per heavy atom. The van der Waals surface area contributed by atoms with Gasteiger partial charge in [0.1, 0.15) is 0 Å². The Balaban J connectivity index is 2.37. The topological polar surface area (TPSA) is 69.8 Å². The highest BCUT2D eigenvalue weighted by Crippen LogP contribution is 2.26. The van der Waals surface area contributed by atoms with Gasteiger partial charge in [0.2, 0.25) is 0 Å². The van der Waals surface area contributed by atoms with Crippen LogP contribution in [0.15, 0.2) is 18.2 Å². The number of anilines is 2. The smallest absolute Gasteiger partial charge is 0.337 e. The Kier molecular flexibility index (Phi) is 3.95. The fourth-order valence-corrected chi connectivity index (χ4v) is 2.71. The molecule has 0 saturated carbocycles. The van der Waals surface area contributed by atoms with E-state index in [-0.39, 0.29) is 11.6 Å². The Morgan fingerprint density at radius 1 is 1.42 bits per heavy atom. The molecule has 5 heteroatoms. The van der Waals surface area contributed by atoms with E-state index in [0.717, 1.165) is 31.7 Å². The zero-order valence-electron chi connectivity index (χ0n) is 11.5. The lowest BCUT2D eigenvalue weighted by molar-refractivity contribution is 0.0697. The lowest BCUT2D eigenvalue weighted by atomic mass is 10.1. The standard InChI is InChI=1S/C14H21N3O2/c1-10-9-16(2)6-3-7-17(10)13-5-4-11(15)8-12(13)14(18)19/h4-5,8,10H,3,6-7,9,15H2,1-2H3,(H,18,19). The van der Waals surface area contributed by atoms with Crippen LogP contribution in [0, 0.1) is 0 Å². The molecule has 2 rings (SSSR count). The van der Waals surface area contributed by atoms with Crippen molar-refractivity contribution in [3.63, 3.8) is 0 Å². The molecular formula is C14H21N3O2. The van der Waals surface area contributed by atoms with Crippen molar-refractivity contribution in [1.82, 2.24) is 4.90 Å². The number of carbonyl (C=O) groups is 1. The molecule has 0 bridgehead atoms. The van der Waals surface area contributed by atoms with Gasteiger partial charge in [-0.25, -0.2) is 4.79 Å². The first-order chi connectivity index (χ1) is 8.99. The van der Waals surface area contributed by atoms with Crippen molar-refractivity contribution in [2.75, 3.05) is 37.3 Å². The lowest BCUT2D eigenvalue weighted by Crippen LogP contribution is -2.38. The largest absolute Gasteiger partial charge is 0.478 e. The van der Waals surface area contributed by atoms with E-state index in [9.17, 15) is 9.90 Å². The van der Waals surface area contributed by atoms with Crippen molar-refractivity contribution in [2.45, 2.75) is 19.4 Å². The third kappa shape index (κ3) is 2.98. The second-order valence-corrected chi connectivity index (χ2v) is 5.24. The van der Waals surface area contributed by atoms with Gasteiger partial charge in [0.25, 0.3) is 0 Å². The third-order valence-electron chi connectivity index (χ3n) is 3.61. The van der Waals surface area contributed by atoms with Gasteiger partial charge in [0.05, 0.1) is 11.3 Å². The first kappa shape index (κ1) is 13.7. The number of aromatic carboxylic acids is 1. The molecule has 1 aliphatic rings. The summed E-state index contributed by atoms with van der Waals surface area (Å²) in [5, 5.41) is 9.34. The number of nitrogen functional groups attached to an aromatic ring is 1. The van der Waals surface area contributed by atoms with Gasteiger partial charge in [0, 0.05) is 24.8 Å². The minimum absolute atomic E-state index is 0.286. The zero-order valence-corrected chi connectivity index (χ0v) is 11.5. The number of benzene rings is 1. The van der Waals surface area contributed by atoms with Crippen LogP contribution in [0.25, 0.3) is 0 Å². The number of rotatable bonds is 2. The van der Waals surface area contributed by atoms with Gasteiger partial charge in [-0.3, -0.25) is 0 Å². The summed E-state index contributed by atoms with van der Waals surface area (Å²) >= 11 is 0. The molecule has 1 aliphatic heterocycles. The SMILES string of the molecule is CC1CN(C)CCCN1c1ccc(N)cc1C(=O)O. The van der Waals surface area contributed by atoms with Crippen LogP contribution in [-0.4, -0.2) is 48.7 Å². The van der Waals surface area contributed by atoms with Gasteiger partial charge in [0.15, 0.2) is 0 Å². The first-order valence-corrected chi connectivity index (χ1v) is 6.57. The minimum Gasteiger partial charge on any atom is -0.478 e. The van der Waals surface area contributed by atoms with E-state index in [4.69, 9.17) is 5.73 Å². The Bertz CT molecular complexity index is 476. The van der Waals surface area contributed by atoms with Crippen molar-refractivity contribution < 1.29 is 9.90 Å². The van der Waals surface area contributed by atoms with Crippen LogP contribution >= 0.6 is 0 Å². The summed E-state index contributed by atoms with van der Waals surface area (Å²) < 4.78 is 0. The van der Waals surface area contributed by atoms with Crippen molar-refractivity contribution in [3.8, 4) is 0 Å². The van der Waals surface area contributed by atoms with Crippen molar-refractivity contribution in [1.29, 1.82) is 0 Å². The van der Waals surface area contributed by atoms with Crippen LogP contribution in [-0.2, 0) is 0 Å². The van der Waals surface area contributed by atoms with Gasteiger partial charge >= 0.3 is 5.97 Å². The molecule has 104 valence electrons. The molecule has 1 aromatic carbocycles. The summed E-state index contributed by atoms with van der Waals surface area (Å²) in [7, 11) is 2.10. The van der Waals surface area contributed by atoms with E-state index in [1.165, 1.54) is 0 Å². The van der Waals surface area contributed by atoms with Crippen molar-refractivity contribution >= 4 is 17.3 Å². The summed E-state index contributed by atoms with van der Waals surface area (Å²) in [5.74, 6) is -0.924. The molecule has 5 nitrogen and oxygen atoms in total. The van der Waals surface area contributed by atoms with Crippen LogP contribution in [0.5, 0.6) is 0 Å². The average Bonchev–Trinajstić information content (AvgIpc) is 2.50. The molecule has 0 aliphatic carbocycles. The van der Waals surface area contributed by atoms with E-state index in [1.807, 2.05) is 6.07 Å². The summed E-state index contributed by atoms with van der Waals surface area (Å²) in [6.45, 7) is 4.97. The number of carboxylic acids is 1. The molecule has 3 N–H and O–H groups in total. The van der Waals surface area contributed by atoms with E-state index < -0.39 is 5.97 Å². The van der Waals surface area contributed by atoms with Gasteiger partial charge in [-0.05, 0) is 45.1 Å². The summed E-state index contributed by atoms with van der Waals surface area (Å²) in [5.41, 5.74) is 7.24. The maximum absolute atomic E-state index is 11.4.